The normalized spacial score (nSPS) is 10.1. The molecule has 0 bridgehead atoms. The Hall–Kier alpha value is -2.04. The zero-order valence-electron chi connectivity index (χ0n) is 13.4. The van der Waals surface area contributed by atoms with E-state index in [1.165, 1.54) is 0 Å². The SMILES string of the molecule is CCCCCOC(=O)c1ccc(NC(=O)OCCCC)cc1. The first kappa shape index (κ1) is 18.0. The number of benzene rings is 1. The number of amides is 1. The zero-order valence-corrected chi connectivity index (χ0v) is 13.4. The number of esters is 1. The van der Waals surface area contributed by atoms with E-state index in [4.69, 9.17) is 9.47 Å². The van der Waals surface area contributed by atoms with Crippen LogP contribution in [0.5, 0.6) is 0 Å². The highest BCUT2D eigenvalue weighted by atomic mass is 16.5. The molecule has 0 atom stereocenters. The monoisotopic (exact) mass is 307 g/mol. The molecule has 0 saturated carbocycles. The molecule has 0 radical (unpaired) electrons. The summed E-state index contributed by atoms with van der Waals surface area (Å²) in [6.07, 6.45) is 4.36. The second-order valence-electron chi connectivity index (χ2n) is 5.03. The molecule has 0 aliphatic rings. The number of anilines is 1. The van der Waals surface area contributed by atoms with Gasteiger partial charge in [-0.25, -0.2) is 9.59 Å². The predicted octanol–water partition coefficient (Wildman–Crippen LogP) is 4.38. The van der Waals surface area contributed by atoms with Crippen LogP contribution in [-0.2, 0) is 9.47 Å². The molecule has 0 heterocycles. The van der Waals surface area contributed by atoms with Gasteiger partial charge in [0.1, 0.15) is 0 Å². The molecule has 0 unspecified atom stereocenters. The number of carbonyl (C=O) groups excluding carboxylic acids is 2. The zero-order chi connectivity index (χ0) is 16.2. The third kappa shape index (κ3) is 7.11. The van der Waals surface area contributed by atoms with E-state index in [0.717, 1.165) is 32.1 Å². The number of nitrogens with one attached hydrogen (secondary N) is 1. The minimum absolute atomic E-state index is 0.340. The van der Waals surface area contributed by atoms with Gasteiger partial charge in [-0.05, 0) is 37.1 Å². The maximum absolute atomic E-state index is 11.8. The lowest BCUT2D eigenvalue weighted by Crippen LogP contribution is -2.14. The van der Waals surface area contributed by atoms with E-state index in [2.05, 4.69) is 12.2 Å². The number of hydrogen-bond donors (Lipinski definition) is 1. The highest BCUT2D eigenvalue weighted by molar-refractivity contribution is 5.91. The van der Waals surface area contributed by atoms with E-state index >= 15 is 0 Å². The van der Waals surface area contributed by atoms with Crippen molar-refractivity contribution in [3.63, 3.8) is 0 Å². The van der Waals surface area contributed by atoms with E-state index in [1.54, 1.807) is 24.3 Å². The minimum Gasteiger partial charge on any atom is -0.462 e. The van der Waals surface area contributed by atoms with E-state index in [0.29, 0.717) is 24.5 Å². The molecule has 0 aliphatic carbocycles. The molecule has 5 nitrogen and oxygen atoms in total. The Bertz CT molecular complexity index is 456. The van der Waals surface area contributed by atoms with Gasteiger partial charge < -0.3 is 9.47 Å². The predicted molar refractivity (Wildman–Crippen MR) is 86.1 cm³/mol. The Kier molecular flexibility index (Phi) is 8.72. The van der Waals surface area contributed by atoms with Crippen LogP contribution in [0.25, 0.3) is 0 Å². The van der Waals surface area contributed by atoms with Gasteiger partial charge in [-0.2, -0.15) is 0 Å². The van der Waals surface area contributed by atoms with Gasteiger partial charge in [0.2, 0.25) is 0 Å². The van der Waals surface area contributed by atoms with Crippen molar-refractivity contribution in [2.75, 3.05) is 18.5 Å². The third-order valence-corrected chi connectivity index (χ3v) is 3.08. The van der Waals surface area contributed by atoms with E-state index in [-0.39, 0.29) is 5.97 Å². The molecule has 0 fully saturated rings. The molecule has 1 N–H and O–H groups in total. The van der Waals surface area contributed by atoms with Gasteiger partial charge in [0.25, 0.3) is 0 Å². The largest absolute Gasteiger partial charge is 0.462 e. The van der Waals surface area contributed by atoms with Crippen LogP contribution >= 0.6 is 0 Å². The molecule has 0 aromatic heterocycles. The average Bonchev–Trinajstić information content (AvgIpc) is 2.52. The molecule has 22 heavy (non-hydrogen) atoms. The van der Waals surface area contributed by atoms with E-state index in [9.17, 15) is 9.59 Å². The Morgan fingerprint density at radius 3 is 2.18 bits per heavy atom. The first-order chi connectivity index (χ1) is 10.7. The summed E-state index contributed by atoms with van der Waals surface area (Å²) < 4.78 is 10.2. The van der Waals surface area contributed by atoms with Gasteiger partial charge in [-0.1, -0.05) is 33.1 Å². The second kappa shape index (κ2) is 10.7. The number of rotatable bonds is 9. The smallest absolute Gasteiger partial charge is 0.411 e. The van der Waals surface area contributed by atoms with Crippen LogP contribution < -0.4 is 5.32 Å². The van der Waals surface area contributed by atoms with Crippen molar-refractivity contribution in [2.45, 2.75) is 46.0 Å². The van der Waals surface area contributed by atoms with Crippen molar-refractivity contribution in [1.82, 2.24) is 0 Å². The fraction of sp³-hybridized carbons (Fsp3) is 0.529. The van der Waals surface area contributed by atoms with Gasteiger partial charge >= 0.3 is 12.1 Å². The van der Waals surface area contributed by atoms with Crippen LogP contribution in [0.4, 0.5) is 10.5 Å². The van der Waals surface area contributed by atoms with E-state index < -0.39 is 6.09 Å². The van der Waals surface area contributed by atoms with Gasteiger partial charge in [-0.3, -0.25) is 5.32 Å². The summed E-state index contributed by atoms with van der Waals surface area (Å²) >= 11 is 0. The number of hydrogen-bond acceptors (Lipinski definition) is 4. The maximum atomic E-state index is 11.8. The van der Waals surface area contributed by atoms with Crippen molar-refractivity contribution in [3.8, 4) is 0 Å². The van der Waals surface area contributed by atoms with Crippen LogP contribution in [0.3, 0.4) is 0 Å². The van der Waals surface area contributed by atoms with Crippen molar-refractivity contribution in [2.24, 2.45) is 0 Å². The minimum atomic E-state index is -0.483. The Labute approximate surface area is 132 Å². The van der Waals surface area contributed by atoms with Gasteiger partial charge in [0.05, 0.1) is 18.8 Å². The molecule has 1 rings (SSSR count). The molecule has 0 saturated heterocycles. The van der Waals surface area contributed by atoms with Crippen molar-refractivity contribution >= 4 is 17.7 Å². The topological polar surface area (TPSA) is 64.6 Å². The maximum Gasteiger partial charge on any atom is 0.411 e. The molecule has 5 heteroatoms. The van der Waals surface area contributed by atoms with E-state index in [1.807, 2.05) is 6.92 Å². The molecule has 0 spiro atoms. The Morgan fingerprint density at radius 2 is 1.55 bits per heavy atom. The summed E-state index contributed by atoms with van der Waals surface area (Å²) in [5.74, 6) is -0.340. The van der Waals surface area contributed by atoms with Crippen LogP contribution in [-0.4, -0.2) is 25.3 Å². The van der Waals surface area contributed by atoms with Gasteiger partial charge in [-0.15, -0.1) is 0 Å². The van der Waals surface area contributed by atoms with Crippen molar-refractivity contribution in [1.29, 1.82) is 0 Å². The number of carbonyl (C=O) groups is 2. The number of unbranched alkanes of at least 4 members (excludes halogenated alkanes) is 3. The van der Waals surface area contributed by atoms with Crippen molar-refractivity contribution < 1.29 is 19.1 Å². The third-order valence-electron chi connectivity index (χ3n) is 3.08. The van der Waals surface area contributed by atoms with Crippen LogP contribution in [0.1, 0.15) is 56.3 Å². The fourth-order valence-corrected chi connectivity index (χ4v) is 1.75. The Morgan fingerprint density at radius 1 is 0.909 bits per heavy atom. The molecule has 0 aliphatic heterocycles. The summed E-state index contributed by atoms with van der Waals surface area (Å²) in [7, 11) is 0. The second-order valence-corrected chi connectivity index (χ2v) is 5.03. The van der Waals surface area contributed by atoms with Gasteiger partial charge in [0.15, 0.2) is 0 Å². The molecule has 122 valence electrons. The summed E-state index contributed by atoms with van der Waals surface area (Å²) in [5.41, 5.74) is 1.06. The average molecular weight is 307 g/mol. The van der Waals surface area contributed by atoms with Crippen LogP contribution in [0.2, 0.25) is 0 Å². The Balaban J connectivity index is 2.38. The first-order valence-electron chi connectivity index (χ1n) is 7.88. The molecule has 1 amide bonds. The quantitative estimate of drug-likeness (QED) is 0.543. The standard InChI is InChI=1S/C17H25NO4/c1-3-5-7-13-21-16(19)14-8-10-15(11-9-14)18-17(20)22-12-6-4-2/h8-11H,3-7,12-13H2,1-2H3,(H,18,20). The summed E-state index contributed by atoms with van der Waals surface area (Å²) in [6.45, 7) is 4.98. The highest BCUT2D eigenvalue weighted by Crippen LogP contribution is 2.11. The lowest BCUT2D eigenvalue weighted by Gasteiger charge is -2.07. The first-order valence-corrected chi connectivity index (χ1v) is 7.88. The fourth-order valence-electron chi connectivity index (χ4n) is 1.75. The van der Waals surface area contributed by atoms with Crippen LogP contribution in [0, 0.1) is 0 Å². The summed E-state index contributed by atoms with van der Waals surface area (Å²) in [6, 6.07) is 6.57. The molecular formula is C17H25NO4. The number of ether oxygens (including phenoxy) is 2. The van der Waals surface area contributed by atoms with Crippen LogP contribution in [0.15, 0.2) is 24.3 Å². The summed E-state index contributed by atoms with van der Waals surface area (Å²) in [5, 5.41) is 2.61. The molecule has 1 aromatic carbocycles. The lowest BCUT2D eigenvalue weighted by atomic mass is 10.2. The molecule has 1 aromatic rings. The van der Waals surface area contributed by atoms with Crippen molar-refractivity contribution in [3.05, 3.63) is 29.8 Å². The lowest BCUT2D eigenvalue weighted by molar-refractivity contribution is 0.0498. The molecular weight excluding hydrogens is 282 g/mol. The summed E-state index contributed by atoms with van der Waals surface area (Å²) in [4.78, 5) is 23.3. The highest BCUT2D eigenvalue weighted by Gasteiger charge is 2.08. The van der Waals surface area contributed by atoms with Gasteiger partial charge in [0, 0.05) is 5.69 Å².